The van der Waals surface area contributed by atoms with Crippen molar-refractivity contribution in [2.24, 2.45) is 4.99 Å². The van der Waals surface area contributed by atoms with Gasteiger partial charge in [0.15, 0.2) is 5.96 Å². The number of rotatable bonds is 9. The molecule has 0 bridgehead atoms. The van der Waals surface area contributed by atoms with Crippen LogP contribution in [0.2, 0.25) is 0 Å². The second-order valence-electron chi connectivity index (χ2n) is 6.51. The van der Waals surface area contributed by atoms with Gasteiger partial charge < -0.3 is 20.7 Å². The number of anilines is 1. The van der Waals surface area contributed by atoms with E-state index in [0.29, 0.717) is 19.5 Å². The van der Waals surface area contributed by atoms with Crippen LogP contribution in [-0.4, -0.2) is 37.7 Å². The Morgan fingerprint density at radius 3 is 2.40 bits per heavy atom. The summed E-state index contributed by atoms with van der Waals surface area (Å²) < 4.78 is 5.41. The van der Waals surface area contributed by atoms with Crippen LogP contribution < -0.4 is 16.0 Å². The van der Waals surface area contributed by atoms with Crippen molar-refractivity contribution in [3.63, 3.8) is 0 Å². The summed E-state index contributed by atoms with van der Waals surface area (Å²) >= 11 is 0. The molecule has 0 radical (unpaired) electrons. The van der Waals surface area contributed by atoms with Crippen molar-refractivity contribution >= 4 is 17.6 Å². The highest BCUT2D eigenvalue weighted by Gasteiger charge is 2.16. The molecule has 1 aromatic carbocycles. The Labute approximate surface area is 151 Å². The maximum absolute atomic E-state index is 11.6. The predicted octanol–water partition coefficient (Wildman–Crippen LogP) is 2.91. The van der Waals surface area contributed by atoms with Crippen molar-refractivity contribution in [1.82, 2.24) is 10.6 Å². The average molecular weight is 348 g/mol. The molecule has 1 amide bonds. The summed E-state index contributed by atoms with van der Waals surface area (Å²) in [5, 5.41) is 9.40. The number of guanidine groups is 1. The number of hydrogen-bond donors (Lipinski definition) is 3. The second kappa shape index (κ2) is 10.7. The molecule has 1 aromatic rings. The summed E-state index contributed by atoms with van der Waals surface area (Å²) in [5.74, 6) is 0.806. The predicted molar refractivity (Wildman–Crippen MR) is 104 cm³/mol. The molecule has 0 heterocycles. The molecule has 0 saturated carbocycles. The van der Waals surface area contributed by atoms with Crippen molar-refractivity contribution in [2.45, 2.75) is 52.7 Å². The Bertz CT molecular complexity index is 553. The number of nitrogens with one attached hydrogen (secondary N) is 3. The van der Waals surface area contributed by atoms with Crippen molar-refractivity contribution in [3.05, 3.63) is 29.8 Å². The zero-order valence-electron chi connectivity index (χ0n) is 16.1. The third-order valence-corrected chi connectivity index (χ3v) is 3.71. The lowest BCUT2D eigenvalue weighted by Crippen LogP contribution is -2.45. The smallest absolute Gasteiger partial charge is 0.224 e. The fraction of sp³-hybridized carbons (Fsp3) is 0.579. The van der Waals surface area contributed by atoms with Gasteiger partial charge in [-0.3, -0.25) is 4.79 Å². The second-order valence-corrected chi connectivity index (χ2v) is 6.51. The Morgan fingerprint density at radius 1 is 1.16 bits per heavy atom. The van der Waals surface area contributed by atoms with Gasteiger partial charge in [-0.05, 0) is 44.9 Å². The van der Waals surface area contributed by atoms with E-state index >= 15 is 0 Å². The molecule has 0 spiro atoms. The number of aliphatic imine (C=N–C) groups is 1. The van der Waals surface area contributed by atoms with Gasteiger partial charge in [-0.1, -0.05) is 19.1 Å². The number of benzene rings is 1. The minimum Gasteiger partial charge on any atom is -0.377 e. The summed E-state index contributed by atoms with van der Waals surface area (Å²) in [5.41, 5.74) is 1.64. The molecule has 6 heteroatoms. The van der Waals surface area contributed by atoms with Crippen molar-refractivity contribution in [2.75, 3.05) is 25.5 Å². The highest BCUT2D eigenvalue weighted by molar-refractivity contribution is 5.90. The summed E-state index contributed by atoms with van der Waals surface area (Å²) in [7, 11) is 1.70. The van der Waals surface area contributed by atoms with E-state index in [-0.39, 0.29) is 11.5 Å². The van der Waals surface area contributed by atoms with Crippen molar-refractivity contribution in [1.29, 1.82) is 0 Å². The van der Waals surface area contributed by atoms with Gasteiger partial charge in [0.05, 0.1) is 12.1 Å². The van der Waals surface area contributed by atoms with Gasteiger partial charge in [0.25, 0.3) is 0 Å². The number of carbonyl (C=O) groups excluding carboxylic acids is 1. The standard InChI is InChI=1S/C19H32N4O2/c1-6-8-17(24)23-16-11-9-15(10-12-16)13-21-18(20-7-2)22-14-19(3,4)25-5/h9-12H,6-8,13-14H2,1-5H3,(H,23,24)(H2,20,21,22). The molecular formula is C19H32N4O2. The Kier molecular flexibility index (Phi) is 8.99. The molecule has 1 rings (SSSR count). The monoisotopic (exact) mass is 348 g/mol. The minimum absolute atomic E-state index is 0.0488. The highest BCUT2D eigenvalue weighted by Crippen LogP contribution is 2.11. The van der Waals surface area contributed by atoms with Gasteiger partial charge in [-0.25, -0.2) is 4.99 Å². The van der Waals surface area contributed by atoms with Crippen LogP contribution in [0.3, 0.4) is 0 Å². The van der Waals surface area contributed by atoms with Crippen LogP contribution in [0.5, 0.6) is 0 Å². The van der Waals surface area contributed by atoms with Crippen molar-refractivity contribution < 1.29 is 9.53 Å². The third-order valence-electron chi connectivity index (χ3n) is 3.71. The first-order valence-corrected chi connectivity index (χ1v) is 8.86. The van der Waals surface area contributed by atoms with E-state index in [0.717, 1.165) is 30.2 Å². The molecule has 0 aliphatic rings. The fourth-order valence-electron chi connectivity index (χ4n) is 2.02. The van der Waals surface area contributed by atoms with E-state index in [2.05, 4.69) is 20.9 Å². The minimum atomic E-state index is -0.255. The molecule has 6 nitrogen and oxygen atoms in total. The Balaban J connectivity index is 2.62. The number of ether oxygens (including phenoxy) is 1. The molecule has 0 aliphatic heterocycles. The number of nitrogens with zero attached hydrogens (tertiary/aromatic N) is 1. The Hall–Kier alpha value is -2.08. The van der Waals surface area contributed by atoms with Crippen LogP contribution in [0, 0.1) is 0 Å². The lowest BCUT2D eigenvalue weighted by Gasteiger charge is -2.24. The van der Waals surface area contributed by atoms with Crippen LogP contribution in [-0.2, 0) is 16.1 Å². The van der Waals surface area contributed by atoms with Crippen LogP contribution in [0.4, 0.5) is 5.69 Å². The molecule has 0 aliphatic carbocycles. The quantitative estimate of drug-likeness (QED) is 0.474. The lowest BCUT2D eigenvalue weighted by atomic mass is 10.1. The molecule has 0 fully saturated rings. The fourth-order valence-corrected chi connectivity index (χ4v) is 2.02. The van der Waals surface area contributed by atoms with E-state index in [4.69, 9.17) is 4.74 Å². The summed E-state index contributed by atoms with van der Waals surface area (Å²) in [4.78, 5) is 16.2. The number of methoxy groups -OCH3 is 1. The van der Waals surface area contributed by atoms with E-state index in [9.17, 15) is 4.79 Å². The summed E-state index contributed by atoms with van der Waals surface area (Å²) in [6.45, 7) is 10.1. The first-order valence-electron chi connectivity index (χ1n) is 8.86. The highest BCUT2D eigenvalue weighted by atomic mass is 16.5. The Morgan fingerprint density at radius 2 is 1.84 bits per heavy atom. The summed E-state index contributed by atoms with van der Waals surface area (Å²) in [6.07, 6.45) is 1.39. The zero-order chi connectivity index (χ0) is 18.7. The molecular weight excluding hydrogens is 316 g/mol. The SMILES string of the molecule is CCCC(=O)Nc1ccc(CN=C(NCC)NCC(C)(C)OC)cc1. The zero-order valence-corrected chi connectivity index (χ0v) is 16.1. The van der Waals surface area contributed by atoms with Crippen LogP contribution in [0.1, 0.15) is 46.1 Å². The number of carbonyl (C=O) groups is 1. The van der Waals surface area contributed by atoms with E-state index < -0.39 is 0 Å². The van der Waals surface area contributed by atoms with Gasteiger partial charge >= 0.3 is 0 Å². The van der Waals surface area contributed by atoms with E-state index in [1.165, 1.54) is 0 Å². The van der Waals surface area contributed by atoms with Crippen LogP contribution in [0.15, 0.2) is 29.3 Å². The third kappa shape index (κ3) is 8.54. The van der Waals surface area contributed by atoms with Crippen LogP contribution >= 0.6 is 0 Å². The first-order chi connectivity index (χ1) is 11.9. The van der Waals surface area contributed by atoms with Gasteiger partial charge in [-0.15, -0.1) is 0 Å². The molecule has 0 unspecified atom stereocenters. The maximum atomic E-state index is 11.6. The summed E-state index contributed by atoms with van der Waals surface area (Å²) in [6, 6.07) is 7.78. The largest absolute Gasteiger partial charge is 0.377 e. The molecule has 0 aromatic heterocycles. The lowest BCUT2D eigenvalue weighted by molar-refractivity contribution is -0.116. The van der Waals surface area contributed by atoms with E-state index in [1.807, 2.05) is 52.0 Å². The van der Waals surface area contributed by atoms with Crippen molar-refractivity contribution in [3.8, 4) is 0 Å². The van der Waals surface area contributed by atoms with Gasteiger partial charge in [-0.2, -0.15) is 0 Å². The average Bonchev–Trinajstić information content (AvgIpc) is 2.59. The van der Waals surface area contributed by atoms with Gasteiger partial charge in [0.1, 0.15) is 0 Å². The van der Waals surface area contributed by atoms with Gasteiger partial charge in [0, 0.05) is 32.3 Å². The van der Waals surface area contributed by atoms with Crippen LogP contribution in [0.25, 0.3) is 0 Å². The normalized spacial score (nSPS) is 12.0. The van der Waals surface area contributed by atoms with E-state index in [1.54, 1.807) is 7.11 Å². The molecule has 140 valence electrons. The maximum Gasteiger partial charge on any atom is 0.224 e. The first kappa shape index (κ1) is 21.0. The topological polar surface area (TPSA) is 74.8 Å². The molecule has 3 N–H and O–H groups in total. The molecule has 0 saturated heterocycles. The number of hydrogen-bond acceptors (Lipinski definition) is 3. The molecule has 25 heavy (non-hydrogen) atoms. The van der Waals surface area contributed by atoms with Gasteiger partial charge in [0.2, 0.25) is 5.91 Å². The number of amides is 1. The molecule has 0 atom stereocenters.